The summed E-state index contributed by atoms with van der Waals surface area (Å²) in [6, 6.07) is 6.99. The average molecular weight is 347 g/mol. The first-order valence-corrected chi connectivity index (χ1v) is 8.79. The number of ether oxygens (including phenoxy) is 2. The van der Waals surface area contributed by atoms with Crippen LogP contribution in [0.5, 0.6) is 5.75 Å². The molecule has 0 radical (unpaired) electrons. The number of nitrogens with zero attached hydrogens (tertiary/aromatic N) is 1. The predicted octanol–water partition coefficient (Wildman–Crippen LogP) is 3.55. The van der Waals surface area contributed by atoms with Gasteiger partial charge in [0.15, 0.2) is 0 Å². The molecule has 1 heterocycles. The molecule has 138 valence electrons. The first-order valence-electron chi connectivity index (χ1n) is 8.79. The van der Waals surface area contributed by atoms with Crippen molar-refractivity contribution in [2.24, 2.45) is 5.41 Å². The van der Waals surface area contributed by atoms with Gasteiger partial charge in [0, 0.05) is 6.54 Å². The highest BCUT2D eigenvalue weighted by Crippen LogP contribution is 2.44. The summed E-state index contributed by atoms with van der Waals surface area (Å²) in [5.41, 5.74) is -0.292. The van der Waals surface area contributed by atoms with E-state index < -0.39 is 17.1 Å². The van der Waals surface area contributed by atoms with E-state index in [9.17, 15) is 9.59 Å². The third kappa shape index (κ3) is 3.97. The zero-order valence-corrected chi connectivity index (χ0v) is 16.1. The van der Waals surface area contributed by atoms with E-state index in [4.69, 9.17) is 9.47 Å². The number of likely N-dealkylation sites (tertiary alicyclic amines) is 1. The lowest BCUT2D eigenvalue weighted by atomic mass is 9.69. The zero-order valence-electron chi connectivity index (χ0n) is 16.1. The minimum Gasteiger partial charge on any atom is -0.497 e. The van der Waals surface area contributed by atoms with Crippen molar-refractivity contribution in [1.29, 1.82) is 0 Å². The van der Waals surface area contributed by atoms with Crippen LogP contribution in [0.15, 0.2) is 24.3 Å². The van der Waals surface area contributed by atoms with Crippen LogP contribution in [0.1, 0.15) is 53.0 Å². The Kier molecular flexibility index (Phi) is 5.45. The summed E-state index contributed by atoms with van der Waals surface area (Å²) in [6.07, 6.45) is 1.52. The van der Waals surface area contributed by atoms with Crippen LogP contribution in [0.3, 0.4) is 0 Å². The fourth-order valence-electron chi connectivity index (χ4n) is 3.44. The molecule has 25 heavy (non-hydrogen) atoms. The third-order valence-electron chi connectivity index (χ3n) is 4.58. The van der Waals surface area contributed by atoms with E-state index in [-0.39, 0.29) is 11.9 Å². The van der Waals surface area contributed by atoms with E-state index >= 15 is 0 Å². The molecular weight excluding hydrogens is 318 g/mol. The number of esters is 1. The molecule has 0 saturated carbocycles. The highest BCUT2D eigenvalue weighted by atomic mass is 16.6. The lowest BCUT2D eigenvalue weighted by Crippen LogP contribution is -2.70. The van der Waals surface area contributed by atoms with E-state index in [2.05, 4.69) is 0 Å². The molecule has 1 aromatic rings. The second kappa shape index (κ2) is 7.06. The molecule has 1 saturated heterocycles. The van der Waals surface area contributed by atoms with E-state index in [1.807, 2.05) is 58.9 Å². The molecule has 5 heteroatoms. The molecule has 2 unspecified atom stereocenters. The number of carbonyl (C=O) groups is 2. The lowest BCUT2D eigenvalue weighted by Gasteiger charge is -2.53. The van der Waals surface area contributed by atoms with Crippen LogP contribution in [0.25, 0.3) is 0 Å². The maximum atomic E-state index is 12.8. The number of hydrogen-bond acceptors (Lipinski definition) is 4. The van der Waals surface area contributed by atoms with Gasteiger partial charge >= 0.3 is 5.97 Å². The number of carbonyl (C=O) groups excluding carboxylic acids is 2. The second-order valence-corrected chi connectivity index (χ2v) is 7.88. The first-order chi connectivity index (χ1) is 11.6. The Morgan fingerprint density at radius 2 is 1.84 bits per heavy atom. The van der Waals surface area contributed by atoms with Gasteiger partial charge in [-0.3, -0.25) is 4.79 Å². The van der Waals surface area contributed by atoms with E-state index in [1.54, 1.807) is 12.0 Å². The van der Waals surface area contributed by atoms with Crippen molar-refractivity contribution >= 4 is 11.9 Å². The zero-order chi connectivity index (χ0) is 18.8. The fourth-order valence-corrected chi connectivity index (χ4v) is 3.44. The number of amides is 1. The van der Waals surface area contributed by atoms with Crippen LogP contribution >= 0.6 is 0 Å². The summed E-state index contributed by atoms with van der Waals surface area (Å²) in [6.45, 7) is 9.82. The Morgan fingerprint density at radius 1 is 1.24 bits per heavy atom. The van der Waals surface area contributed by atoms with Gasteiger partial charge in [0.2, 0.25) is 5.91 Å². The van der Waals surface area contributed by atoms with Crippen LogP contribution < -0.4 is 4.74 Å². The van der Waals surface area contributed by atoms with Gasteiger partial charge in [-0.05, 0) is 51.8 Å². The van der Waals surface area contributed by atoms with Gasteiger partial charge in [-0.2, -0.15) is 0 Å². The van der Waals surface area contributed by atoms with Crippen molar-refractivity contribution in [2.45, 2.75) is 65.6 Å². The minimum atomic E-state index is -0.677. The number of hydrogen-bond donors (Lipinski definition) is 0. The van der Waals surface area contributed by atoms with Gasteiger partial charge in [-0.15, -0.1) is 0 Å². The summed E-state index contributed by atoms with van der Waals surface area (Å²) in [7, 11) is 1.61. The lowest BCUT2D eigenvalue weighted by molar-refractivity contribution is -0.194. The molecule has 0 bridgehead atoms. The summed E-state index contributed by atoms with van der Waals surface area (Å²) >= 11 is 0. The molecule has 5 nitrogen and oxygen atoms in total. The van der Waals surface area contributed by atoms with Gasteiger partial charge in [0.25, 0.3) is 0 Å². The van der Waals surface area contributed by atoms with E-state index in [0.717, 1.165) is 17.7 Å². The Labute approximate surface area is 150 Å². The van der Waals surface area contributed by atoms with Gasteiger partial charge in [-0.1, -0.05) is 25.5 Å². The van der Waals surface area contributed by atoms with Crippen LogP contribution in [-0.2, 0) is 20.9 Å². The highest BCUT2D eigenvalue weighted by Gasteiger charge is 2.61. The normalized spacial score (nSPS) is 23.2. The predicted molar refractivity (Wildman–Crippen MR) is 96.2 cm³/mol. The monoisotopic (exact) mass is 347 g/mol. The quantitative estimate of drug-likeness (QED) is 0.583. The maximum absolute atomic E-state index is 12.8. The molecule has 1 amide bonds. The van der Waals surface area contributed by atoms with Gasteiger partial charge < -0.3 is 14.4 Å². The fraction of sp³-hybridized carbons (Fsp3) is 0.600. The van der Waals surface area contributed by atoms with Crippen LogP contribution in [0, 0.1) is 5.41 Å². The summed E-state index contributed by atoms with van der Waals surface area (Å²) in [4.78, 5) is 27.1. The largest absolute Gasteiger partial charge is 0.497 e. The van der Waals surface area contributed by atoms with Crippen molar-refractivity contribution < 1.29 is 19.1 Å². The number of rotatable bonds is 6. The highest BCUT2D eigenvalue weighted by molar-refractivity contribution is 6.00. The molecule has 1 fully saturated rings. The van der Waals surface area contributed by atoms with Crippen molar-refractivity contribution in [3.63, 3.8) is 0 Å². The van der Waals surface area contributed by atoms with Gasteiger partial charge in [-0.25, -0.2) is 4.79 Å². The third-order valence-corrected chi connectivity index (χ3v) is 4.58. The molecule has 0 aromatic heterocycles. The summed E-state index contributed by atoms with van der Waals surface area (Å²) in [5, 5.41) is 0. The van der Waals surface area contributed by atoms with Crippen LogP contribution in [0.2, 0.25) is 0 Å². The number of benzene rings is 1. The van der Waals surface area contributed by atoms with Crippen molar-refractivity contribution in [1.82, 2.24) is 4.90 Å². The Balaban J connectivity index is 2.22. The number of β-lactam (4-membered cyclic amide) rings is 1. The number of methoxy groups -OCH3 is 1. The molecule has 2 rings (SSSR count). The van der Waals surface area contributed by atoms with Crippen LogP contribution in [-0.4, -0.2) is 35.5 Å². The van der Waals surface area contributed by atoms with Crippen molar-refractivity contribution in [3.8, 4) is 5.75 Å². The van der Waals surface area contributed by atoms with E-state index in [1.165, 1.54) is 0 Å². The molecule has 2 atom stereocenters. The second-order valence-electron chi connectivity index (χ2n) is 7.88. The summed E-state index contributed by atoms with van der Waals surface area (Å²) in [5.74, 6) is 0.454. The summed E-state index contributed by atoms with van der Waals surface area (Å²) < 4.78 is 10.7. The standard InChI is InChI=1S/C20H29NO4/c1-7-12-20(5)16(17(22)25-19(2,3)4)21(18(20)23)13-14-8-10-15(24-6)11-9-14/h8-11,16H,7,12-13H2,1-6H3. The minimum absolute atomic E-state index is 0.0148. The smallest absolute Gasteiger partial charge is 0.330 e. The van der Waals surface area contributed by atoms with Gasteiger partial charge in [0.05, 0.1) is 12.5 Å². The Bertz CT molecular complexity index is 632. The maximum Gasteiger partial charge on any atom is 0.330 e. The van der Waals surface area contributed by atoms with Crippen molar-refractivity contribution in [2.75, 3.05) is 7.11 Å². The Hall–Kier alpha value is -2.04. The molecule has 1 aliphatic heterocycles. The van der Waals surface area contributed by atoms with Crippen molar-refractivity contribution in [3.05, 3.63) is 29.8 Å². The molecule has 0 N–H and O–H groups in total. The molecule has 0 aliphatic carbocycles. The molecule has 1 aliphatic rings. The Morgan fingerprint density at radius 3 is 2.32 bits per heavy atom. The first kappa shape index (κ1) is 19.3. The topological polar surface area (TPSA) is 55.8 Å². The van der Waals surface area contributed by atoms with E-state index in [0.29, 0.717) is 13.0 Å². The molecule has 1 aromatic carbocycles. The SMILES string of the molecule is CCCC1(C)C(=O)N(Cc2ccc(OC)cc2)C1C(=O)OC(C)(C)C. The average Bonchev–Trinajstić information content (AvgIpc) is 2.53. The van der Waals surface area contributed by atoms with Gasteiger partial charge in [0.1, 0.15) is 17.4 Å². The molecular formula is C20H29NO4. The molecule has 0 spiro atoms. The van der Waals surface area contributed by atoms with Crippen LogP contribution in [0.4, 0.5) is 0 Å².